The molecule has 1 aliphatic rings. The molecule has 1 N–H and O–H groups in total. The monoisotopic (exact) mass is 278 g/mol. The van der Waals surface area contributed by atoms with Gasteiger partial charge in [-0.1, -0.05) is 32.0 Å². The molecule has 1 unspecified atom stereocenters. The molecule has 0 radical (unpaired) electrons. The number of carbonyl (C=O) groups is 1. The van der Waals surface area contributed by atoms with Gasteiger partial charge in [0.1, 0.15) is 11.2 Å². The molecule has 0 fully saturated rings. The summed E-state index contributed by atoms with van der Waals surface area (Å²) in [6.07, 6.45) is 0.972. The lowest BCUT2D eigenvalue weighted by atomic mass is 9.73. The van der Waals surface area contributed by atoms with E-state index in [1.165, 1.54) is 0 Å². The van der Waals surface area contributed by atoms with E-state index in [1.807, 2.05) is 24.3 Å². The Morgan fingerprint density at radius 3 is 2.90 bits per heavy atom. The van der Waals surface area contributed by atoms with Crippen LogP contribution in [-0.2, 0) is 14.9 Å². The smallest absolute Gasteiger partial charge is 0.314 e. The number of carboxylic acids is 1. The van der Waals surface area contributed by atoms with Crippen molar-refractivity contribution in [1.29, 1.82) is 0 Å². The summed E-state index contributed by atoms with van der Waals surface area (Å²) >= 11 is 0. The van der Waals surface area contributed by atoms with Crippen LogP contribution in [0.5, 0.6) is 5.75 Å². The third-order valence-electron chi connectivity index (χ3n) is 3.72. The average molecular weight is 278 g/mol. The Balaban J connectivity index is 2.17. The van der Waals surface area contributed by atoms with E-state index < -0.39 is 11.4 Å². The summed E-state index contributed by atoms with van der Waals surface area (Å²) in [7, 11) is 0. The number of carboxylic acid groups (broad SMARTS) is 1. The number of para-hydroxylation sites is 1. The second kappa shape index (κ2) is 6.27. The zero-order chi connectivity index (χ0) is 14.6. The first-order valence-electron chi connectivity index (χ1n) is 7.10. The van der Waals surface area contributed by atoms with Gasteiger partial charge in [-0.05, 0) is 18.4 Å². The quantitative estimate of drug-likeness (QED) is 0.813. The maximum absolute atomic E-state index is 11.9. The standard InChI is InChI=1S/C16H22O4/c1-12(2)11-19-9-7-16(15(17)18)8-10-20-14-6-4-3-5-13(14)16/h3-6,12H,7-11H2,1-2H3,(H,17,18). The largest absolute Gasteiger partial charge is 0.493 e. The van der Waals surface area contributed by atoms with Crippen LogP contribution in [-0.4, -0.2) is 30.9 Å². The van der Waals surface area contributed by atoms with Gasteiger partial charge in [-0.25, -0.2) is 0 Å². The number of ether oxygens (including phenoxy) is 2. The summed E-state index contributed by atoms with van der Waals surface area (Å²) in [5, 5.41) is 9.73. The van der Waals surface area contributed by atoms with Crippen molar-refractivity contribution in [1.82, 2.24) is 0 Å². The van der Waals surface area contributed by atoms with Crippen LogP contribution in [0, 0.1) is 5.92 Å². The van der Waals surface area contributed by atoms with Gasteiger partial charge in [-0.15, -0.1) is 0 Å². The molecule has 0 amide bonds. The second-order valence-electron chi connectivity index (χ2n) is 5.70. The first kappa shape index (κ1) is 14.9. The van der Waals surface area contributed by atoms with Gasteiger partial charge in [0.15, 0.2) is 0 Å². The van der Waals surface area contributed by atoms with E-state index in [9.17, 15) is 9.90 Å². The van der Waals surface area contributed by atoms with Crippen molar-refractivity contribution < 1.29 is 19.4 Å². The molecule has 2 rings (SSSR count). The SMILES string of the molecule is CC(C)COCCC1(C(=O)O)CCOc2ccccc21. The van der Waals surface area contributed by atoms with Crippen LogP contribution in [0.1, 0.15) is 32.3 Å². The fraction of sp³-hybridized carbons (Fsp3) is 0.562. The van der Waals surface area contributed by atoms with Crippen molar-refractivity contribution in [3.05, 3.63) is 29.8 Å². The van der Waals surface area contributed by atoms with E-state index >= 15 is 0 Å². The normalized spacial score (nSPS) is 21.4. The number of rotatable bonds is 6. The van der Waals surface area contributed by atoms with Gasteiger partial charge in [-0.2, -0.15) is 0 Å². The van der Waals surface area contributed by atoms with Crippen molar-refractivity contribution in [3.8, 4) is 5.75 Å². The predicted octanol–water partition coefficient (Wildman–Crippen LogP) is 2.85. The molecule has 0 aromatic heterocycles. The highest BCUT2D eigenvalue weighted by atomic mass is 16.5. The van der Waals surface area contributed by atoms with Crippen molar-refractivity contribution >= 4 is 5.97 Å². The Kier molecular flexibility index (Phi) is 4.65. The first-order valence-corrected chi connectivity index (χ1v) is 7.10. The van der Waals surface area contributed by atoms with Gasteiger partial charge >= 0.3 is 5.97 Å². The third-order valence-corrected chi connectivity index (χ3v) is 3.72. The first-order chi connectivity index (χ1) is 9.56. The fourth-order valence-electron chi connectivity index (χ4n) is 2.61. The number of benzene rings is 1. The van der Waals surface area contributed by atoms with Crippen molar-refractivity contribution in [3.63, 3.8) is 0 Å². The summed E-state index contributed by atoms with van der Waals surface area (Å²) in [5.74, 6) is 0.351. The number of hydrogen-bond acceptors (Lipinski definition) is 3. The van der Waals surface area contributed by atoms with Crippen molar-refractivity contribution in [2.24, 2.45) is 5.92 Å². The molecule has 0 saturated heterocycles. The van der Waals surface area contributed by atoms with Crippen LogP contribution in [0.4, 0.5) is 0 Å². The van der Waals surface area contributed by atoms with Gasteiger partial charge in [0.2, 0.25) is 0 Å². The number of aliphatic carboxylic acids is 1. The summed E-state index contributed by atoms with van der Waals surface area (Å²) in [6, 6.07) is 7.42. The van der Waals surface area contributed by atoms with E-state index in [1.54, 1.807) is 0 Å². The Morgan fingerprint density at radius 2 is 2.20 bits per heavy atom. The molecular weight excluding hydrogens is 256 g/mol. The molecule has 4 heteroatoms. The molecule has 1 aromatic carbocycles. The van der Waals surface area contributed by atoms with Crippen molar-refractivity contribution in [2.75, 3.05) is 19.8 Å². The lowest BCUT2D eigenvalue weighted by Crippen LogP contribution is -2.41. The van der Waals surface area contributed by atoms with E-state index in [2.05, 4.69) is 13.8 Å². The summed E-state index contributed by atoms with van der Waals surface area (Å²) < 4.78 is 11.2. The molecule has 110 valence electrons. The predicted molar refractivity (Wildman–Crippen MR) is 76.1 cm³/mol. The van der Waals surface area contributed by atoms with Crippen LogP contribution in [0.3, 0.4) is 0 Å². The minimum Gasteiger partial charge on any atom is -0.493 e. The minimum absolute atomic E-state index is 0.438. The van der Waals surface area contributed by atoms with E-state index in [0.717, 1.165) is 5.56 Å². The number of fused-ring (bicyclic) bond motifs is 1. The molecule has 0 saturated carbocycles. The Bertz CT molecular complexity index is 469. The molecule has 0 aliphatic carbocycles. The molecule has 1 heterocycles. The van der Waals surface area contributed by atoms with Gasteiger partial charge in [0.05, 0.1) is 6.61 Å². The summed E-state index contributed by atoms with van der Waals surface area (Å²) in [6.45, 7) is 5.72. The van der Waals surface area contributed by atoms with Crippen LogP contribution >= 0.6 is 0 Å². The highest BCUT2D eigenvalue weighted by molar-refractivity contribution is 5.83. The van der Waals surface area contributed by atoms with E-state index in [0.29, 0.717) is 44.3 Å². The van der Waals surface area contributed by atoms with Crippen LogP contribution in [0.2, 0.25) is 0 Å². The Hall–Kier alpha value is -1.55. The number of hydrogen-bond donors (Lipinski definition) is 1. The molecular formula is C16H22O4. The maximum atomic E-state index is 11.9. The minimum atomic E-state index is -0.883. The van der Waals surface area contributed by atoms with Gasteiger partial charge in [-0.3, -0.25) is 4.79 Å². The van der Waals surface area contributed by atoms with Crippen molar-refractivity contribution in [2.45, 2.75) is 32.1 Å². The average Bonchev–Trinajstić information content (AvgIpc) is 2.43. The third kappa shape index (κ3) is 2.96. The molecule has 0 bridgehead atoms. The van der Waals surface area contributed by atoms with Crippen LogP contribution < -0.4 is 4.74 Å². The molecule has 1 atom stereocenters. The van der Waals surface area contributed by atoms with E-state index in [4.69, 9.17) is 9.47 Å². The van der Waals surface area contributed by atoms with Crippen LogP contribution in [0.25, 0.3) is 0 Å². The second-order valence-corrected chi connectivity index (χ2v) is 5.70. The van der Waals surface area contributed by atoms with Gasteiger partial charge < -0.3 is 14.6 Å². The Labute approximate surface area is 119 Å². The molecule has 0 spiro atoms. The molecule has 4 nitrogen and oxygen atoms in total. The molecule has 20 heavy (non-hydrogen) atoms. The summed E-state index contributed by atoms with van der Waals surface area (Å²) in [5.41, 5.74) is -0.113. The topological polar surface area (TPSA) is 55.8 Å². The highest BCUT2D eigenvalue weighted by Gasteiger charge is 2.44. The zero-order valence-corrected chi connectivity index (χ0v) is 12.1. The zero-order valence-electron chi connectivity index (χ0n) is 12.1. The Morgan fingerprint density at radius 1 is 1.45 bits per heavy atom. The lowest BCUT2D eigenvalue weighted by Gasteiger charge is -2.35. The highest BCUT2D eigenvalue weighted by Crippen LogP contribution is 2.41. The van der Waals surface area contributed by atoms with Gasteiger partial charge in [0, 0.05) is 25.2 Å². The fourth-order valence-corrected chi connectivity index (χ4v) is 2.61. The molecule has 1 aromatic rings. The summed E-state index contributed by atoms with van der Waals surface area (Å²) in [4.78, 5) is 11.9. The van der Waals surface area contributed by atoms with Crippen LogP contribution in [0.15, 0.2) is 24.3 Å². The molecule has 1 aliphatic heterocycles. The van der Waals surface area contributed by atoms with Gasteiger partial charge in [0.25, 0.3) is 0 Å². The van der Waals surface area contributed by atoms with E-state index in [-0.39, 0.29) is 0 Å². The maximum Gasteiger partial charge on any atom is 0.314 e. The lowest BCUT2D eigenvalue weighted by molar-refractivity contribution is -0.146.